The van der Waals surface area contributed by atoms with Gasteiger partial charge in [-0.2, -0.15) is 8.42 Å². The number of likely N-dealkylation sites (tertiary alicyclic amines) is 1. The molecule has 2 fully saturated rings. The molecular formula is C31H35Cl2N3O4S. The van der Waals surface area contributed by atoms with Gasteiger partial charge in [0, 0.05) is 16.6 Å². The summed E-state index contributed by atoms with van der Waals surface area (Å²) in [5.41, 5.74) is 0.699. The number of halogens is 2. The van der Waals surface area contributed by atoms with Crippen LogP contribution in [0.1, 0.15) is 55.3 Å². The van der Waals surface area contributed by atoms with E-state index in [9.17, 15) is 13.2 Å². The van der Waals surface area contributed by atoms with E-state index in [0.29, 0.717) is 10.6 Å². The molecule has 1 amide bonds. The molecule has 41 heavy (non-hydrogen) atoms. The van der Waals surface area contributed by atoms with Crippen molar-refractivity contribution in [3.8, 4) is 5.75 Å². The Bertz CT molecular complexity index is 1420. The first-order valence-corrected chi connectivity index (χ1v) is 16.4. The normalized spacial score (nSPS) is 19.6. The van der Waals surface area contributed by atoms with Crippen LogP contribution < -0.4 is 14.6 Å². The fourth-order valence-corrected chi connectivity index (χ4v) is 7.23. The number of sulfonamides is 1. The van der Waals surface area contributed by atoms with Gasteiger partial charge in [0.25, 0.3) is 15.9 Å². The largest absolute Gasteiger partial charge is 0.363 e. The lowest BCUT2D eigenvalue weighted by Gasteiger charge is -2.30. The van der Waals surface area contributed by atoms with E-state index in [1.165, 1.54) is 75.3 Å². The Morgan fingerprint density at radius 2 is 1.61 bits per heavy atom. The molecule has 10 heteroatoms. The second-order valence-corrected chi connectivity index (χ2v) is 13.4. The first kappa shape index (κ1) is 29.7. The van der Waals surface area contributed by atoms with E-state index in [4.69, 9.17) is 28.0 Å². The van der Waals surface area contributed by atoms with Gasteiger partial charge in [0.15, 0.2) is 5.75 Å². The van der Waals surface area contributed by atoms with Gasteiger partial charge in [0.2, 0.25) is 0 Å². The number of hydrogen-bond acceptors (Lipinski definition) is 5. The summed E-state index contributed by atoms with van der Waals surface area (Å²) in [7, 11) is -4.18. The minimum atomic E-state index is -4.18. The Morgan fingerprint density at radius 3 is 2.27 bits per heavy atom. The van der Waals surface area contributed by atoms with Crippen molar-refractivity contribution >= 4 is 44.8 Å². The highest BCUT2D eigenvalue weighted by Gasteiger charge is 2.29. The number of anilines is 1. The lowest BCUT2D eigenvalue weighted by Crippen LogP contribution is -2.38. The number of rotatable bonds is 10. The van der Waals surface area contributed by atoms with Gasteiger partial charge >= 0.3 is 0 Å². The molecular weight excluding hydrogens is 581 g/mol. The van der Waals surface area contributed by atoms with Crippen molar-refractivity contribution in [2.75, 3.05) is 24.1 Å². The van der Waals surface area contributed by atoms with Crippen LogP contribution >= 0.6 is 23.2 Å². The van der Waals surface area contributed by atoms with Crippen LogP contribution in [0.5, 0.6) is 5.75 Å². The molecule has 1 N–H and O–H groups in total. The molecule has 0 bridgehead atoms. The molecule has 3 aromatic carbocycles. The zero-order valence-corrected chi connectivity index (χ0v) is 25.2. The fraction of sp³-hybridized carbons (Fsp3) is 0.387. The highest BCUT2D eigenvalue weighted by Crippen LogP contribution is 2.32. The number of hydrogen-bond donors (Lipinski definition) is 1. The zero-order chi connectivity index (χ0) is 28.8. The molecule has 1 aliphatic carbocycles. The van der Waals surface area contributed by atoms with Gasteiger partial charge in [0.05, 0.1) is 15.6 Å². The predicted octanol–water partition coefficient (Wildman–Crippen LogP) is 6.96. The van der Waals surface area contributed by atoms with Crippen molar-refractivity contribution in [3.63, 3.8) is 0 Å². The van der Waals surface area contributed by atoms with Crippen LogP contribution in [-0.4, -0.2) is 44.9 Å². The molecule has 2 aliphatic rings. The Balaban J connectivity index is 1.22. The van der Waals surface area contributed by atoms with Gasteiger partial charge in [-0.25, -0.2) is 0 Å². The number of carbonyl (C=O) groups is 1. The fourth-order valence-electron chi connectivity index (χ4n) is 5.54. The molecule has 0 aromatic heterocycles. The second kappa shape index (κ2) is 13.5. The summed E-state index contributed by atoms with van der Waals surface area (Å²) in [6.45, 7) is 3.66. The SMILES string of the molecule is O=C(NC1CCC(CCN2CCCC2)CC1)c1ccc(S(=O)(=O)N(Oc2ccc(Cl)cc2Cl)c2ccccc2)cc1. The summed E-state index contributed by atoms with van der Waals surface area (Å²) in [5, 5.41) is 3.71. The quantitative estimate of drug-likeness (QED) is 0.249. The molecule has 0 spiro atoms. The molecule has 218 valence electrons. The van der Waals surface area contributed by atoms with Crippen LogP contribution in [0.25, 0.3) is 0 Å². The van der Waals surface area contributed by atoms with Crippen molar-refractivity contribution in [3.05, 3.63) is 88.4 Å². The summed E-state index contributed by atoms with van der Waals surface area (Å²) >= 11 is 12.3. The van der Waals surface area contributed by atoms with E-state index in [0.717, 1.165) is 36.1 Å². The molecule has 1 saturated carbocycles. The van der Waals surface area contributed by atoms with Gasteiger partial charge < -0.3 is 15.1 Å². The molecule has 5 rings (SSSR count). The average molecular weight is 617 g/mol. The summed E-state index contributed by atoms with van der Waals surface area (Å²) in [6, 6.07) is 19.0. The van der Waals surface area contributed by atoms with Crippen LogP contribution in [0.2, 0.25) is 10.0 Å². The molecule has 1 saturated heterocycles. The van der Waals surface area contributed by atoms with E-state index in [1.807, 2.05) is 0 Å². The number of para-hydroxylation sites is 1. The van der Waals surface area contributed by atoms with Crippen molar-refractivity contribution in [2.24, 2.45) is 5.92 Å². The third-order valence-corrected chi connectivity index (χ3v) is 10.0. The lowest BCUT2D eigenvalue weighted by atomic mass is 9.84. The Kier molecular flexibility index (Phi) is 9.75. The summed E-state index contributed by atoms with van der Waals surface area (Å²) < 4.78 is 28.2. The molecule has 1 aliphatic heterocycles. The van der Waals surface area contributed by atoms with E-state index in [-0.39, 0.29) is 33.3 Å². The topological polar surface area (TPSA) is 79.0 Å². The summed E-state index contributed by atoms with van der Waals surface area (Å²) in [5.74, 6) is 0.662. The number of benzene rings is 3. The second-order valence-electron chi connectivity index (χ2n) is 10.8. The van der Waals surface area contributed by atoms with E-state index < -0.39 is 10.0 Å². The molecule has 0 unspecified atom stereocenters. The van der Waals surface area contributed by atoms with E-state index in [1.54, 1.807) is 36.4 Å². The molecule has 0 radical (unpaired) electrons. The van der Waals surface area contributed by atoms with E-state index in [2.05, 4.69) is 10.2 Å². The highest BCUT2D eigenvalue weighted by atomic mass is 35.5. The average Bonchev–Trinajstić information content (AvgIpc) is 3.51. The van der Waals surface area contributed by atoms with Crippen LogP contribution in [0.4, 0.5) is 5.69 Å². The van der Waals surface area contributed by atoms with Gasteiger partial charge in [-0.1, -0.05) is 45.9 Å². The van der Waals surface area contributed by atoms with Gasteiger partial charge in [-0.15, -0.1) is 0 Å². The van der Waals surface area contributed by atoms with Crippen LogP contribution in [0, 0.1) is 5.92 Å². The summed E-state index contributed by atoms with van der Waals surface area (Å²) in [4.78, 5) is 21.3. The molecule has 7 nitrogen and oxygen atoms in total. The van der Waals surface area contributed by atoms with Crippen molar-refractivity contribution in [1.82, 2.24) is 10.2 Å². The number of carbonyl (C=O) groups excluding carboxylic acids is 1. The van der Waals surface area contributed by atoms with E-state index >= 15 is 0 Å². The third kappa shape index (κ3) is 7.55. The van der Waals surface area contributed by atoms with Crippen molar-refractivity contribution < 1.29 is 18.0 Å². The number of nitrogens with one attached hydrogen (secondary N) is 1. The maximum atomic E-state index is 13.7. The standard InChI is InChI=1S/C31H35Cl2N3O4S/c32-25-12-17-30(29(33)22-25)40-36(27-6-2-1-3-7-27)41(38,39)28-15-10-24(11-16-28)31(37)34-26-13-8-23(9-14-26)18-21-35-19-4-5-20-35/h1-3,6-7,10-12,15-17,22-23,26H,4-5,8-9,13-14,18-21H2,(H,34,37). The molecule has 3 aromatic rings. The van der Waals surface area contributed by atoms with Crippen molar-refractivity contribution in [1.29, 1.82) is 0 Å². The van der Waals surface area contributed by atoms with Crippen LogP contribution in [0.15, 0.2) is 77.7 Å². The maximum absolute atomic E-state index is 13.7. The highest BCUT2D eigenvalue weighted by molar-refractivity contribution is 7.92. The predicted molar refractivity (Wildman–Crippen MR) is 163 cm³/mol. The Labute approximate surface area is 252 Å². The van der Waals surface area contributed by atoms with Crippen LogP contribution in [-0.2, 0) is 10.0 Å². The monoisotopic (exact) mass is 615 g/mol. The Morgan fingerprint density at radius 1 is 0.927 bits per heavy atom. The van der Waals surface area contributed by atoms with Gasteiger partial charge in [-0.3, -0.25) is 4.79 Å². The van der Waals surface area contributed by atoms with Gasteiger partial charge in [0.1, 0.15) is 0 Å². The zero-order valence-electron chi connectivity index (χ0n) is 22.8. The first-order chi connectivity index (χ1) is 19.8. The number of nitrogens with zero attached hydrogens (tertiary/aromatic N) is 2. The minimum Gasteiger partial charge on any atom is -0.363 e. The maximum Gasteiger partial charge on any atom is 0.295 e. The smallest absolute Gasteiger partial charge is 0.295 e. The number of amides is 1. The Hall–Kier alpha value is -2.78. The minimum absolute atomic E-state index is 0.0264. The molecule has 0 atom stereocenters. The van der Waals surface area contributed by atoms with Gasteiger partial charge in [-0.05, 0) is 125 Å². The molecule has 1 heterocycles. The van der Waals surface area contributed by atoms with Crippen molar-refractivity contribution in [2.45, 2.75) is 55.9 Å². The van der Waals surface area contributed by atoms with Crippen LogP contribution in [0.3, 0.4) is 0 Å². The lowest BCUT2D eigenvalue weighted by molar-refractivity contribution is 0.0920. The summed E-state index contributed by atoms with van der Waals surface area (Å²) in [6.07, 6.45) is 8.08. The third-order valence-electron chi connectivity index (χ3n) is 7.91. The first-order valence-electron chi connectivity index (χ1n) is 14.2.